The molecule has 1 aromatic carbocycles. The predicted octanol–water partition coefficient (Wildman–Crippen LogP) is 2.66. The van der Waals surface area contributed by atoms with Gasteiger partial charge in [0.25, 0.3) is 0 Å². The summed E-state index contributed by atoms with van der Waals surface area (Å²) in [6.07, 6.45) is 0.840. The number of hydrogen-bond acceptors (Lipinski definition) is 2. The first-order valence-electron chi connectivity index (χ1n) is 5.97. The quantitative estimate of drug-likeness (QED) is 0.814. The molecule has 0 unspecified atom stereocenters. The minimum Gasteiger partial charge on any atom is -0.399 e. The molecule has 0 saturated heterocycles. The van der Waals surface area contributed by atoms with E-state index in [0.717, 1.165) is 17.7 Å². The Kier molecular flexibility index (Phi) is 4.16. The molecule has 0 aliphatic carbocycles. The third-order valence-corrected chi connectivity index (χ3v) is 3.18. The third kappa shape index (κ3) is 3.48. The van der Waals surface area contributed by atoms with Gasteiger partial charge in [-0.05, 0) is 24.1 Å². The number of carbonyl (C=O) groups excluding carboxylic acids is 1. The van der Waals surface area contributed by atoms with Crippen LogP contribution in [0.2, 0.25) is 0 Å². The zero-order chi connectivity index (χ0) is 13.1. The summed E-state index contributed by atoms with van der Waals surface area (Å²) in [4.78, 5) is 13.9. The highest BCUT2D eigenvalue weighted by Gasteiger charge is 2.28. The Morgan fingerprint density at radius 1 is 1.41 bits per heavy atom. The van der Waals surface area contributed by atoms with Crippen molar-refractivity contribution >= 4 is 11.6 Å². The standard InChI is InChI=1S/C14H22N2O/c1-5-14(2,3)13(17)16(4)10-11-7-6-8-12(15)9-11/h6-9H,5,10,15H2,1-4H3. The Morgan fingerprint density at radius 2 is 2.06 bits per heavy atom. The van der Waals surface area contributed by atoms with E-state index in [2.05, 4.69) is 0 Å². The summed E-state index contributed by atoms with van der Waals surface area (Å²) in [6.45, 7) is 6.59. The van der Waals surface area contributed by atoms with Crippen molar-refractivity contribution in [1.29, 1.82) is 0 Å². The molecule has 0 atom stereocenters. The van der Waals surface area contributed by atoms with Crippen LogP contribution in [0.25, 0.3) is 0 Å². The molecule has 0 aliphatic heterocycles. The maximum atomic E-state index is 12.2. The average molecular weight is 234 g/mol. The number of carbonyl (C=O) groups is 1. The molecule has 0 saturated carbocycles. The van der Waals surface area contributed by atoms with Gasteiger partial charge in [-0.3, -0.25) is 4.79 Å². The lowest BCUT2D eigenvalue weighted by Gasteiger charge is -2.28. The van der Waals surface area contributed by atoms with E-state index >= 15 is 0 Å². The van der Waals surface area contributed by atoms with Gasteiger partial charge in [-0.25, -0.2) is 0 Å². The minimum atomic E-state index is -0.297. The molecule has 0 aliphatic rings. The molecule has 0 fully saturated rings. The SMILES string of the molecule is CCC(C)(C)C(=O)N(C)Cc1cccc(N)c1. The highest BCUT2D eigenvalue weighted by atomic mass is 16.2. The summed E-state index contributed by atoms with van der Waals surface area (Å²) >= 11 is 0. The Morgan fingerprint density at radius 3 is 2.59 bits per heavy atom. The second-order valence-electron chi connectivity index (χ2n) is 5.14. The lowest BCUT2D eigenvalue weighted by molar-refractivity contribution is -0.139. The van der Waals surface area contributed by atoms with Crippen LogP contribution in [0.5, 0.6) is 0 Å². The molecule has 0 aromatic heterocycles. The third-order valence-electron chi connectivity index (χ3n) is 3.18. The van der Waals surface area contributed by atoms with Crippen LogP contribution in [0.15, 0.2) is 24.3 Å². The lowest BCUT2D eigenvalue weighted by Crippen LogP contribution is -2.37. The van der Waals surface area contributed by atoms with E-state index in [1.54, 1.807) is 4.90 Å². The molecule has 0 heterocycles. The van der Waals surface area contributed by atoms with Crippen molar-refractivity contribution in [2.24, 2.45) is 5.41 Å². The van der Waals surface area contributed by atoms with E-state index < -0.39 is 0 Å². The number of hydrogen-bond donors (Lipinski definition) is 1. The normalized spacial score (nSPS) is 11.3. The zero-order valence-electron chi connectivity index (χ0n) is 11.2. The number of nitrogens with two attached hydrogens (primary N) is 1. The van der Waals surface area contributed by atoms with E-state index in [1.807, 2.05) is 52.1 Å². The fourth-order valence-electron chi connectivity index (χ4n) is 1.71. The molecule has 0 radical (unpaired) electrons. The largest absolute Gasteiger partial charge is 0.399 e. The first kappa shape index (κ1) is 13.6. The van der Waals surface area contributed by atoms with E-state index in [9.17, 15) is 4.79 Å². The van der Waals surface area contributed by atoms with E-state index in [4.69, 9.17) is 5.73 Å². The Balaban J connectivity index is 2.73. The molecule has 17 heavy (non-hydrogen) atoms. The van der Waals surface area contributed by atoms with Gasteiger partial charge in [0.05, 0.1) is 0 Å². The number of rotatable bonds is 4. The second kappa shape index (κ2) is 5.21. The van der Waals surface area contributed by atoms with Crippen LogP contribution in [0.3, 0.4) is 0 Å². The van der Waals surface area contributed by atoms with Gasteiger partial charge >= 0.3 is 0 Å². The first-order chi connectivity index (χ1) is 7.86. The summed E-state index contributed by atoms with van der Waals surface area (Å²) in [7, 11) is 1.84. The monoisotopic (exact) mass is 234 g/mol. The second-order valence-corrected chi connectivity index (χ2v) is 5.14. The topological polar surface area (TPSA) is 46.3 Å². The van der Waals surface area contributed by atoms with Gasteiger partial charge in [-0.15, -0.1) is 0 Å². The van der Waals surface area contributed by atoms with Gasteiger partial charge in [-0.2, -0.15) is 0 Å². The fraction of sp³-hybridized carbons (Fsp3) is 0.500. The van der Waals surface area contributed by atoms with E-state index in [0.29, 0.717) is 6.54 Å². The number of nitrogen functional groups attached to an aromatic ring is 1. The molecule has 1 amide bonds. The number of nitrogens with zero attached hydrogens (tertiary/aromatic N) is 1. The van der Waals surface area contributed by atoms with Gasteiger partial charge in [0.1, 0.15) is 0 Å². The van der Waals surface area contributed by atoms with Crippen molar-refractivity contribution in [2.75, 3.05) is 12.8 Å². The maximum Gasteiger partial charge on any atom is 0.228 e. The molecule has 0 spiro atoms. The summed E-state index contributed by atoms with van der Waals surface area (Å²) in [5, 5.41) is 0. The summed E-state index contributed by atoms with van der Waals surface area (Å²) in [5.74, 6) is 0.169. The first-order valence-corrected chi connectivity index (χ1v) is 5.97. The number of anilines is 1. The van der Waals surface area contributed by atoms with Crippen molar-refractivity contribution in [3.8, 4) is 0 Å². The molecule has 1 rings (SSSR count). The molecule has 94 valence electrons. The van der Waals surface area contributed by atoms with Crippen LogP contribution in [0.1, 0.15) is 32.8 Å². The summed E-state index contributed by atoms with van der Waals surface area (Å²) in [6, 6.07) is 7.65. The molecule has 3 nitrogen and oxygen atoms in total. The van der Waals surface area contributed by atoms with Crippen LogP contribution >= 0.6 is 0 Å². The van der Waals surface area contributed by atoms with Gasteiger partial charge in [0.2, 0.25) is 5.91 Å². The van der Waals surface area contributed by atoms with Crippen molar-refractivity contribution in [3.05, 3.63) is 29.8 Å². The van der Waals surface area contributed by atoms with Crippen LogP contribution in [-0.2, 0) is 11.3 Å². The highest BCUT2D eigenvalue weighted by Crippen LogP contribution is 2.23. The van der Waals surface area contributed by atoms with Crippen molar-refractivity contribution in [3.63, 3.8) is 0 Å². The molecule has 1 aromatic rings. The van der Waals surface area contributed by atoms with E-state index in [1.165, 1.54) is 0 Å². The Labute approximate surface area is 104 Å². The fourth-order valence-corrected chi connectivity index (χ4v) is 1.71. The van der Waals surface area contributed by atoms with Gasteiger partial charge in [-0.1, -0.05) is 32.9 Å². The average Bonchev–Trinajstić information content (AvgIpc) is 2.28. The van der Waals surface area contributed by atoms with Crippen molar-refractivity contribution in [2.45, 2.75) is 33.7 Å². The zero-order valence-corrected chi connectivity index (χ0v) is 11.2. The van der Waals surface area contributed by atoms with Crippen molar-refractivity contribution < 1.29 is 4.79 Å². The van der Waals surface area contributed by atoms with E-state index in [-0.39, 0.29) is 11.3 Å². The minimum absolute atomic E-state index is 0.169. The maximum absolute atomic E-state index is 12.2. The van der Waals surface area contributed by atoms with Gasteiger partial charge in [0.15, 0.2) is 0 Å². The smallest absolute Gasteiger partial charge is 0.228 e. The van der Waals surface area contributed by atoms with Gasteiger partial charge in [0, 0.05) is 24.7 Å². The molecular formula is C14H22N2O. The Bertz CT molecular complexity index is 399. The van der Waals surface area contributed by atoms with Crippen molar-refractivity contribution in [1.82, 2.24) is 4.90 Å². The molecule has 3 heteroatoms. The number of amides is 1. The molecule has 0 bridgehead atoms. The van der Waals surface area contributed by atoms with Crippen LogP contribution < -0.4 is 5.73 Å². The van der Waals surface area contributed by atoms with Crippen LogP contribution in [0, 0.1) is 5.41 Å². The van der Waals surface area contributed by atoms with Gasteiger partial charge < -0.3 is 10.6 Å². The Hall–Kier alpha value is -1.51. The highest BCUT2D eigenvalue weighted by molar-refractivity contribution is 5.81. The summed E-state index contributed by atoms with van der Waals surface area (Å²) < 4.78 is 0. The summed E-state index contributed by atoms with van der Waals surface area (Å²) in [5.41, 5.74) is 7.22. The van der Waals surface area contributed by atoms with Crippen LogP contribution in [0.4, 0.5) is 5.69 Å². The molecule has 2 N–H and O–H groups in total. The van der Waals surface area contributed by atoms with Crippen LogP contribution in [-0.4, -0.2) is 17.9 Å². The lowest BCUT2D eigenvalue weighted by atomic mass is 9.88. The molecular weight excluding hydrogens is 212 g/mol. The predicted molar refractivity (Wildman–Crippen MR) is 71.4 cm³/mol. The number of benzene rings is 1.